The van der Waals surface area contributed by atoms with Crippen molar-refractivity contribution >= 4 is 27.3 Å². The van der Waals surface area contributed by atoms with Crippen LogP contribution in [0.3, 0.4) is 0 Å². The number of nitrogens with two attached hydrogens (primary N) is 1. The molecular formula is C11H18BrNOS. The first kappa shape index (κ1) is 13.2. The zero-order valence-corrected chi connectivity index (χ0v) is 11.6. The van der Waals surface area contributed by atoms with E-state index in [0.29, 0.717) is 12.5 Å². The summed E-state index contributed by atoms with van der Waals surface area (Å²) >= 11 is 5.15. The lowest BCUT2D eigenvalue weighted by molar-refractivity contribution is 0.0851. The fraction of sp³-hybridized carbons (Fsp3) is 0.636. The number of hydrogen-bond acceptors (Lipinski definition) is 3. The topological polar surface area (TPSA) is 46.2 Å². The van der Waals surface area contributed by atoms with Gasteiger partial charge >= 0.3 is 0 Å². The highest BCUT2D eigenvalue weighted by Gasteiger charge is 2.32. The minimum Gasteiger partial charge on any atom is -0.396 e. The summed E-state index contributed by atoms with van der Waals surface area (Å²) in [5.74, 6) is 0.383. The van der Waals surface area contributed by atoms with Crippen LogP contribution in [0.15, 0.2) is 15.9 Å². The zero-order valence-electron chi connectivity index (χ0n) is 9.16. The SMILES string of the molecule is CC(C)C(CN)(CO)Cc1cc(Br)cs1. The maximum atomic E-state index is 9.53. The molecule has 0 saturated heterocycles. The standard InChI is InChI=1S/C11H18BrNOS/c1-8(2)11(6-13,7-14)4-10-3-9(12)5-15-10/h3,5,8,14H,4,6-7,13H2,1-2H3. The Bertz CT molecular complexity index is 307. The van der Waals surface area contributed by atoms with Crippen molar-refractivity contribution in [2.45, 2.75) is 20.3 Å². The monoisotopic (exact) mass is 291 g/mol. The Morgan fingerprint density at radius 1 is 1.60 bits per heavy atom. The van der Waals surface area contributed by atoms with Gasteiger partial charge in [0.25, 0.3) is 0 Å². The van der Waals surface area contributed by atoms with E-state index >= 15 is 0 Å². The number of hydrogen-bond donors (Lipinski definition) is 2. The van der Waals surface area contributed by atoms with E-state index in [4.69, 9.17) is 5.73 Å². The molecule has 0 radical (unpaired) electrons. The summed E-state index contributed by atoms with van der Waals surface area (Å²) in [6.45, 7) is 4.91. The van der Waals surface area contributed by atoms with Crippen LogP contribution >= 0.6 is 27.3 Å². The Hall–Kier alpha value is 0.1000. The quantitative estimate of drug-likeness (QED) is 0.876. The number of aliphatic hydroxyl groups is 1. The molecule has 0 fully saturated rings. The van der Waals surface area contributed by atoms with E-state index in [0.717, 1.165) is 10.9 Å². The molecule has 1 aromatic heterocycles. The molecule has 2 nitrogen and oxygen atoms in total. The first-order chi connectivity index (χ1) is 7.04. The van der Waals surface area contributed by atoms with Crippen LogP contribution in [0.1, 0.15) is 18.7 Å². The molecule has 0 saturated carbocycles. The predicted molar refractivity (Wildman–Crippen MR) is 69.1 cm³/mol. The largest absolute Gasteiger partial charge is 0.396 e. The summed E-state index contributed by atoms with van der Waals surface area (Å²) in [5.41, 5.74) is 5.63. The van der Waals surface area contributed by atoms with Gasteiger partial charge in [-0.2, -0.15) is 0 Å². The Morgan fingerprint density at radius 3 is 2.60 bits per heavy atom. The molecule has 0 bridgehead atoms. The van der Waals surface area contributed by atoms with Crippen molar-refractivity contribution in [3.05, 3.63) is 20.8 Å². The highest BCUT2D eigenvalue weighted by Crippen LogP contribution is 2.33. The van der Waals surface area contributed by atoms with E-state index in [2.05, 4.69) is 41.2 Å². The average Bonchev–Trinajstić information content (AvgIpc) is 2.60. The molecule has 1 unspecified atom stereocenters. The maximum absolute atomic E-state index is 9.53. The Labute approximate surface area is 104 Å². The van der Waals surface area contributed by atoms with Gasteiger partial charge in [-0.25, -0.2) is 0 Å². The minimum absolute atomic E-state index is 0.149. The van der Waals surface area contributed by atoms with Gasteiger partial charge in [0.2, 0.25) is 0 Å². The maximum Gasteiger partial charge on any atom is 0.0505 e. The Balaban J connectivity index is 2.83. The van der Waals surface area contributed by atoms with E-state index < -0.39 is 0 Å². The van der Waals surface area contributed by atoms with Crippen LogP contribution in [0, 0.1) is 11.3 Å². The first-order valence-electron chi connectivity index (χ1n) is 5.08. The Kier molecular flexibility index (Phi) is 4.77. The fourth-order valence-electron chi connectivity index (χ4n) is 1.61. The lowest BCUT2D eigenvalue weighted by atomic mass is 9.75. The molecule has 0 amide bonds. The van der Waals surface area contributed by atoms with Gasteiger partial charge in [0.15, 0.2) is 0 Å². The molecular weight excluding hydrogens is 274 g/mol. The van der Waals surface area contributed by atoms with Crippen LogP contribution in [0.25, 0.3) is 0 Å². The smallest absolute Gasteiger partial charge is 0.0505 e. The Morgan fingerprint density at radius 2 is 2.27 bits per heavy atom. The second-order valence-corrected chi connectivity index (χ2v) is 6.20. The van der Waals surface area contributed by atoms with Gasteiger partial charge < -0.3 is 10.8 Å². The number of halogens is 1. The van der Waals surface area contributed by atoms with Crippen LogP contribution < -0.4 is 5.73 Å². The van der Waals surface area contributed by atoms with Crippen molar-refractivity contribution in [3.8, 4) is 0 Å². The highest BCUT2D eigenvalue weighted by atomic mass is 79.9. The van der Waals surface area contributed by atoms with Crippen LogP contribution in [-0.2, 0) is 6.42 Å². The minimum atomic E-state index is -0.176. The predicted octanol–water partition coefficient (Wildman–Crippen LogP) is 2.65. The molecule has 0 aliphatic rings. The molecule has 1 heterocycles. The molecule has 15 heavy (non-hydrogen) atoms. The number of rotatable bonds is 5. The van der Waals surface area contributed by atoms with Gasteiger partial charge in [-0.05, 0) is 34.3 Å². The lowest BCUT2D eigenvalue weighted by Crippen LogP contribution is -2.41. The second kappa shape index (κ2) is 5.43. The first-order valence-corrected chi connectivity index (χ1v) is 6.75. The molecule has 0 aliphatic heterocycles. The van der Waals surface area contributed by atoms with E-state index in [1.807, 2.05) is 0 Å². The highest BCUT2D eigenvalue weighted by molar-refractivity contribution is 9.10. The van der Waals surface area contributed by atoms with Crippen molar-refractivity contribution in [1.29, 1.82) is 0 Å². The molecule has 0 spiro atoms. The summed E-state index contributed by atoms with van der Waals surface area (Å²) in [7, 11) is 0. The third kappa shape index (κ3) is 3.03. The third-order valence-corrected chi connectivity index (χ3v) is 4.79. The lowest BCUT2D eigenvalue weighted by Gasteiger charge is -2.34. The van der Waals surface area contributed by atoms with Crippen molar-refractivity contribution in [2.75, 3.05) is 13.2 Å². The summed E-state index contributed by atoms with van der Waals surface area (Å²) < 4.78 is 1.11. The molecule has 4 heteroatoms. The zero-order chi connectivity index (χ0) is 11.5. The van der Waals surface area contributed by atoms with Gasteiger partial charge in [0, 0.05) is 26.7 Å². The molecule has 1 atom stereocenters. The number of thiophene rings is 1. The van der Waals surface area contributed by atoms with Crippen LogP contribution in [-0.4, -0.2) is 18.3 Å². The summed E-state index contributed by atoms with van der Waals surface area (Å²) in [5, 5.41) is 11.6. The summed E-state index contributed by atoms with van der Waals surface area (Å²) in [6, 6.07) is 2.10. The van der Waals surface area contributed by atoms with Crippen molar-refractivity contribution in [3.63, 3.8) is 0 Å². The van der Waals surface area contributed by atoms with Crippen LogP contribution in [0.4, 0.5) is 0 Å². The van der Waals surface area contributed by atoms with E-state index in [9.17, 15) is 5.11 Å². The molecule has 0 aliphatic carbocycles. The van der Waals surface area contributed by atoms with Gasteiger partial charge in [0.05, 0.1) is 6.61 Å². The van der Waals surface area contributed by atoms with Gasteiger partial charge in [-0.3, -0.25) is 0 Å². The third-order valence-electron chi connectivity index (χ3n) is 3.09. The molecule has 1 aromatic rings. The van der Waals surface area contributed by atoms with Gasteiger partial charge in [0.1, 0.15) is 0 Å². The number of aliphatic hydroxyl groups excluding tert-OH is 1. The van der Waals surface area contributed by atoms with Gasteiger partial charge in [-0.1, -0.05) is 13.8 Å². The second-order valence-electron chi connectivity index (χ2n) is 4.29. The summed E-state index contributed by atoms with van der Waals surface area (Å²) in [4.78, 5) is 1.27. The van der Waals surface area contributed by atoms with Crippen LogP contribution in [0.2, 0.25) is 0 Å². The molecule has 0 aromatic carbocycles. The van der Waals surface area contributed by atoms with Crippen LogP contribution in [0.5, 0.6) is 0 Å². The average molecular weight is 292 g/mol. The summed E-state index contributed by atoms with van der Waals surface area (Å²) in [6.07, 6.45) is 0.855. The van der Waals surface area contributed by atoms with E-state index in [1.54, 1.807) is 11.3 Å². The molecule has 1 rings (SSSR count). The fourth-order valence-corrected chi connectivity index (χ4v) is 3.21. The van der Waals surface area contributed by atoms with Crippen molar-refractivity contribution in [1.82, 2.24) is 0 Å². The van der Waals surface area contributed by atoms with Crippen molar-refractivity contribution < 1.29 is 5.11 Å². The van der Waals surface area contributed by atoms with E-state index in [1.165, 1.54) is 4.88 Å². The van der Waals surface area contributed by atoms with Gasteiger partial charge in [-0.15, -0.1) is 11.3 Å². The molecule has 86 valence electrons. The van der Waals surface area contributed by atoms with Crippen molar-refractivity contribution in [2.24, 2.45) is 17.1 Å². The molecule has 3 N–H and O–H groups in total. The van der Waals surface area contributed by atoms with E-state index in [-0.39, 0.29) is 12.0 Å². The normalized spacial score (nSPS) is 15.6.